The van der Waals surface area contributed by atoms with E-state index in [1.54, 1.807) is 19.9 Å². The van der Waals surface area contributed by atoms with Crippen molar-refractivity contribution in [2.75, 3.05) is 6.61 Å². The summed E-state index contributed by atoms with van der Waals surface area (Å²) in [5.74, 6) is -1.64. The van der Waals surface area contributed by atoms with E-state index in [4.69, 9.17) is 4.74 Å². The Bertz CT molecular complexity index is 838. The van der Waals surface area contributed by atoms with Gasteiger partial charge in [-0.3, -0.25) is 9.59 Å². The van der Waals surface area contributed by atoms with Crippen LogP contribution < -0.4 is 0 Å². The number of aromatic nitrogens is 1. The second-order valence-corrected chi connectivity index (χ2v) is 6.26. The molecule has 0 unspecified atom stereocenters. The predicted octanol–water partition coefficient (Wildman–Crippen LogP) is 3.34. The van der Waals surface area contributed by atoms with Crippen LogP contribution in [0.1, 0.15) is 49.4 Å². The van der Waals surface area contributed by atoms with Crippen molar-refractivity contribution in [3.8, 4) is 5.75 Å². The van der Waals surface area contributed by atoms with Gasteiger partial charge >= 0.3 is 5.97 Å². The highest BCUT2D eigenvalue weighted by molar-refractivity contribution is 9.10. The minimum atomic E-state index is -0.810. The Morgan fingerprint density at radius 1 is 1.25 bits per heavy atom. The van der Waals surface area contributed by atoms with Gasteiger partial charge in [0.25, 0.3) is 0 Å². The molecule has 126 valence electrons. The largest absolute Gasteiger partial charge is 0.507 e. The number of nitrogens with one attached hydrogen (secondary N) is 1. The van der Waals surface area contributed by atoms with Crippen molar-refractivity contribution in [1.82, 2.24) is 4.98 Å². The van der Waals surface area contributed by atoms with E-state index in [0.717, 1.165) is 0 Å². The SMILES string of the molecule is CC(=O)c1c(C)[nH]c(C(=O)COC(=O)c2cc(Br)ccc2O)c1C. The number of phenols is 1. The first-order valence-corrected chi connectivity index (χ1v) is 7.90. The van der Waals surface area contributed by atoms with Gasteiger partial charge in [0.05, 0.1) is 5.69 Å². The maximum atomic E-state index is 12.2. The van der Waals surface area contributed by atoms with Gasteiger partial charge in [0.2, 0.25) is 5.78 Å². The lowest BCUT2D eigenvalue weighted by Crippen LogP contribution is -2.15. The Labute approximate surface area is 147 Å². The van der Waals surface area contributed by atoms with Crippen LogP contribution in [0.15, 0.2) is 22.7 Å². The molecular formula is C17H16BrNO5. The summed E-state index contributed by atoms with van der Waals surface area (Å²) in [6.07, 6.45) is 0. The molecule has 1 heterocycles. The number of hydrogen-bond acceptors (Lipinski definition) is 5. The fraction of sp³-hybridized carbons (Fsp3) is 0.235. The number of halogens is 1. The van der Waals surface area contributed by atoms with E-state index in [2.05, 4.69) is 20.9 Å². The van der Waals surface area contributed by atoms with E-state index in [1.165, 1.54) is 19.1 Å². The number of carbonyl (C=O) groups is 3. The van der Waals surface area contributed by atoms with E-state index in [-0.39, 0.29) is 22.8 Å². The molecule has 0 saturated heterocycles. The number of aromatic hydroxyl groups is 1. The highest BCUT2D eigenvalue weighted by Crippen LogP contribution is 2.23. The number of ketones is 2. The molecule has 6 nitrogen and oxygen atoms in total. The van der Waals surface area contributed by atoms with Gasteiger partial charge in [0, 0.05) is 15.7 Å². The summed E-state index contributed by atoms with van der Waals surface area (Å²) >= 11 is 3.19. The summed E-state index contributed by atoms with van der Waals surface area (Å²) in [5, 5.41) is 9.68. The molecule has 2 aromatic rings. The summed E-state index contributed by atoms with van der Waals surface area (Å²) in [4.78, 5) is 38.7. The van der Waals surface area contributed by atoms with Crippen LogP contribution in [0.3, 0.4) is 0 Å². The molecule has 1 aromatic heterocycles. The number of aromatic amines is 1. The Morgan fingerprint density at radius 3 is 2.50 bits per heavy atom. The van der Waals surface area contributed by atoms with Crippen LogP contribution in [-0.2, 0) is 4.74 Å². The molecular weight excluding hydrogens is 378 g/mol. The van der Waals surface area contributed by atoms with Crippen LogP contribution in [0.2, 0.25) is 0 Å². The third-order valence-corrected chi connectivity index (χ3v) is 4.07. The van der Waals surface area contributed by atoms with Crippen LogP contribution in [0.25, 0.3) is 0 Å². The summed E-state index contributed by atoms with van der Waals surface area (Å²) in [6.45, 7) is 4.29. The number of benzene rings is 1. The molecule has 0 aliphatic carbocycles. The molecule has 0 aliphatic heterocycles. The van der Waals surface area contributed by atoms with E-state index in [9.17, 15) is 19.5 Å². The Morgan fingerprint density at radius 2 is 1.92 bits per heavy atom. The van der Waals surface area contributed by atoms with Crippen molar-refractivity contribution in [1.29, 1.82) is 0 Å². The van der Waals surface area contributed by atoms with Gasteiger partial charge in [-0.25, -0.2) is 4.79 Å². The number of Topliss-reactive ketones (excluding diaryl/α,β-unsaturated/α-hetero) is 2. The molecule has 0 atom stereocenters. The lowest BCUT2D eigenvalue weighted by molar-refractivity contribution is 0.0470. The number of H-pyrrole nitrogens is 1. The number of hydrogen-bond donors (Lipinski definition) is 2. The van der Waals surface area contributed by atoms with Crippen molar-refractivity contribution in [2.24, 2.45) is 0 Å². The Kier molecular flexibility index (Phi) is 5.23. The van der Waals surface area contributed by atoms with Gasteiger partial charge in [0.1, 0.15) is 11.3 Å². The normalized spacial score (nSPS) is 10.5. The molecule has 7 heteroatoms. The first-order valence-electron chi connectivity index (χ1n) is 7.11. The number of aryl methyl sites for hydroxylation is 1. The minimum Gasteiger partial charge on any atom is -0.507 e. The number of esters is 1. The Balaban J connectivity index is 2.14. The molecule has 0 spiro atoms. The molecule has 0 saturated carbocycles. The number of ether oxygens (including phenoxy) is 1. The molecule has 0 radical (unpaired) electrons. The molecule has 1 aromatic carbocycles. The van der Waals surface area contributed by atoms with Gasteiger partial charge in [0.15, 0.2) is 12.4 Å². The number of phenolic OH excluding ortho intramolecular Hbond substituents is 1. The predicted molar refractivity (Wildman–Crippen MR) is 90.7 cm³/mol. The second kappa shape index (κ2) is 7.00. The number of carbonyl (C=O) groups excluding carboxylic acids is 3. The fourth-order valence-corrected chi connectivity index (χ4v) is 2.87. The van der Waals surface area contributed by atoms with Crippen molar-refractivity contribution < 1.29 is 24.2 Å². The summed E-state index contributed by atoms with van der Waals surface area (Å²) < 4.78 is 5.57. The van der Waals surface area contributed by atoms with E-state index < -0.39 is 18.4 Å². The lowest BCUT2D eigenvalue weighted by atomic mass is 10.1. The molecule has 2 N–H and O–H groups in total. The van der Waals surface area contributed by atoms with Crippen molar-refractivity contribution in [3.63, 3.8) is 0 Å². The summed E-state index contributed by atoms with van der Waals surface area (Å²) in [6, 6.07) is 4.33. The first kappa shape index (κ1) is 17.9. The smallest absolute Gasteiger partial charge is 0.342 e. The Hall–Kier alpha value is -2.41. The van der Waals surface area contributed by atoms with E-state index in [0.29, 0.717) is 21.3 Å². The van der Waals surface area contributed by atoms with Crippen LogP contribution in [0.4, 0.5) is 0 Å². The third-order valence-electron chi connectivity index (χ3n) is 3.58. The van der Waals surface area contributed by atoms with Gasteiger partial charge < -0.3 is 14.8 Å². The highest BCUT2D eigenvalue weighted by atomic mass is 79.9. The lowest BCUT2D eigenvalue weighted by Gasteiger charge is -2.06. The standard InChI is InChI=1S/C17H16BrNO5/c1-8-15(10(3)20)9(2)19-16(8)14(22)7-24-17(23)12-6-11(18)4-5-13(12)21/h4-6,19,21H,7H2,1-3H3. The van der Waals surface area contributed by atoms with E-state index >= 15 is 0 Å². The topological polar surface area (TPSA) is 96.5 Å². The molecule has 0 aliphatic rings. The highest BCUT2D eigenvalue weighted by Gasteiger charge is 2.21. The monoisotopic (exact) mass is 393 g/mol. The molecule has 0 fully saturated rings. The van der Waals surface area contributed by atoms with Gasteiger partial charge in [-0.1, -0.05) is 15.9 Å². The van der Waals surface area contributed by atoms with Crippen LogP contribution >= 0.6 is 15.9 Å². The molecule has 0 amide bonds. The van der Waals surface area contributed by atoms with Crippen molar-refractivity contribution in [3.05, 3.63) is 50.8 Å². The van der Waals surface area contributed by atoms with Gasteiger partial charge in [-0.2, -0.15) is 0 Å². The molecule has 24 heavy (non-hydrogen) atoms. The maximum Gasteiger partial charge on any atom is 0.342 e. The number of rotatable bonds is 5. The minimum absolute atomic E-state index is 0.0408. The first-order chi connectivity index (χ1) is 11.2. The third kappa shape index (κ3) is 3.56. The van der Waals surface area contributed by atoms with Crippen molar-refractivity contribution in [2.45, 2.75) is 20.8 Å². The average molecular weight is 394 g/mol. The average Bonchev–Trinajstić information content (AvgIpc) is 2.81. The molecule has 0 bridgehead atoms. The fourth-order valence-electron chi connectivity index (χ4n) is 2.51. The summed E-state index contributed by atoms with van der Waals surface area (Å²) in [7, 11) is 0. The summed E-state index contributed by atoms with van der Waals surface area (Å²) in [5.41, 5.74) is 1.80. The van der Waals surface area contributed by atoms with Crippen LogP contribution in [-0.4, -0.2) is 34.2 Å². The van der Waals surface area contributed by atoms with Crippen LogP contribution in [0.5, 0.6) is 5.75 Å². The zero-order chi connectivity index (χ0) is 18.0. The van der Waals surface area contributed by atoms with Gasteiger partial charge in [-0.05, 0) is 44.5 Å². The quantitative estimate of drug-likeness (QED) is 0.599. The van der Waals surface area contributed by atoms with Crippen molar-refractivity contribution >= 4 is 33.5 Å². The molecule has 2 rings (SSSR count). The van der Waals surface area contributed by atoms with Crippen LogP contribution in [0, 0.1) is 13.8 Å². The second-order valence-electron chi connectivity index (χ2n) is 5.34. The maximum absolute atomic E-state index is 12.2. The zero-order valence-corrected chi connectivity index (χ0v) is 15.0. The van der Waals surface area contributed by atoms with E-state index in [1.807, 2.05) is 0 Å². The zero-order valence-electron chi connectivity index (χ0n) is 13.4. The van der Waals surface area contributed by atoms with Gasteiger partial charge in [-0.15, -0.1) is 0 Å².